The molecule has 15 heavy (non-hydrogen) atoms. The van der Waals surface area contributed by atoms with E-state index in [1.165, 1.54) is 12.8 Å². The molecule has 1 aliphatic carbocycles. The van der Waals surface area contributed by atoms with E-state index in [0.717, 1.165) is 0 Å². The van der Waals surface area contributed by atoms with Crippen molar-refractivity contribution in [1.29, 1.82) is 5.26 Å². The number of hydrogen-bond donors (Lipinski definition) is 1. The van der Waals surface area contributed by atoms with Crippen LogP contribution in [0.1, 0.15) is 40.0 Å². The minimum Gasteiger partial charge on any atom is -0.370 e. The minimum absolute atomic E-state index is 0.149. The summed E-state index contributed by atoms with van der Waals surface area (Å²) in [5.41, 5.74) is 5.80. The van der Waals surface area contributed by atoms with Gasteiger partial charge in [0.25, 0.3) is 0 Å². The third-order valence-corrected chi connectivity index (χ3v) is 2.20. The molecule has 0 saturated heterocycles. The van der Waals surface area contributed by atoms with Crippen molar-refractivity contribution in [3.05, 3.63) is 0 Å². The van der Waals surface area contributed by atoms with Gasteiger partial charge in [0, 0.05) is 12.6 Å². The van der Waals surface area contributed by atoms with E-state index in [2.05, 4.69) is 16.0 Å². The molecule has 2 N–H and O–H groups in total. The lowest BCUT2D eigenvalue weighted by molar-refractivity contribution is 0.404. The third kappa shape index (κ3) is 4.20. The largest absolute Gasteiger partial charge is 0.370 e. The highest BCUT2D eigenvalue weighted by atomic mass is 15.3. The average molecular weight is 208 g/mol. The van der Waals surface area contributed by atoms with Gasteiger partial charge in [-0.3, -0.25) is 0 Å². The van der Waals surface area contributed by atoms with Crippen LogP contribution in [-0.2, 0) is 0 Å². The Morgan fingerprint density at radius 2 is 2.13 bits per heavy atom. The zero-order valence-electron chi connectivity index (χ0n) is 9.82. The Bertz CT molecular complexity index is 278. The van der Waals surface area contributed by atoms with Crippen molar-refractivity contribution >= 4 is 5.96 Å². The van der Waals surface area contributed by atoms with Crippen molar-refractivity contribution in [2.45, 2.75) is 51.6 Å². The van der Waals surface area contributed by atoms with E-state index in [1.807, 2.05) is 20.8 Å². The molecule has 0 aliphatic heterocycles. The Hall–Kier alpha value is -1.24. The SMILES string of the molecule is CC(C)(C)N=C(N)N(CCC#N)C1CC1. The van der Waals surface area contributed by atoms with Crippen molar-refractivity contribution in [3.8, 4) is 6.07 Å². The van der Waals surface area contributed by atoms with Gasteiger partial charge in [0.05, 0.1) is 18.0 Å². The number of nitrogens with two attached hydrogens (primary N) is 1. The molecule has 1 rings (SSSR count). The van der Waals surface area contributed by atoms with Crippen molar-refractivity contribution in [2.24, 2.45) is 10.7 Å². The quantitative estimate of drug-likeness (QED) is 0.564. The Morgan fingerprint density at radius 3 is 2.53 bits per heavy atom. The minimum atomic E-state index is -0.149. The summed E-state index contributed by atoms with van der Waals surface area (Å²) in [6.45, 7) is 6.77. The molecule has 0 radical (unpaired) electrons. The molecule has 0 amide bonds. The number of rotatable bonds is 3. The number of aliphatic imine (C=N–C) groups is 1. The van der Waals surface area contributed by atoms with Crippen molar-refractivity contribution in [2.75, 3.05) is 6.54 Å². The van der Waals surface area contributed by atoms with E-state index in [4.69, 9.17) is 11.0 Å². The fourth-order valence-corrected chi connectivity index (χ4v) is 1.45. The summed E-state index contributed by atoms with van der Waals surface area (Å²) in [7, 11) is 0. The predicted molar refractivity (Wildman–Crippen MR) is 61.3 cm³/mol. The van der Waals surface area contributed by atoms with Gasteiger partial charge in [0.1, 0.15) is 0 Å². The van der Waals surface area contributed by atoms with Crippen LogP contribution in [0.3, 0.4) is 0 Å². The number of nitrogens with zero attached hydrogens (tertiary/aromatic N) is 3. The molecule has 0 aromatic heterocycles. The Balaban J connectivity index is 2.63. The van der Waals surface area contributed by atoms with Crippen LogP contribution in [-0.4, -0.2) is 29.0 Å². The average Bonchev–Trinajstić information content (AvgIpc) is 2.85. The second-order valence-electron chi connectivity index (χ2n) is 4.97. The second-order valence-corrected chi connectivity index (χ2v) is 4.97. The van der Waals surface area contributed by atoms with Crippen molar-refractivity contribution in [1.82, 2.24) is 4.90 Å². The van der Waals surface area contributed by atoms with E-state index < -0.39 is 0 Å². The lowest BCUT2D eigenvalue weighted by Gasteiger charge is -2.25. The number of guanidine groups is 1. The zero-order valence-corrected chi connectivity index (χ0v) is 9.82. The summed E-state index contributed by atoms with van der Waals surface area (Å²) >= 11 is 0. The van der Waals surface area contributed by atoms with Gasteiger partial charge < -0.3 is 10.6 Å². The van der Waals surface area contributed by atoms with Crippen molar-refractivity contribution < 1.29 is 0 Å². The summed E-state index contributed by atoms with van der Waals surface area (Å²) in [4.78, 5) is 6.50. The Kier molecular flexibility index (Phi) is 3.57. The normalized spacial score (nSPS) is 17.3. The standard InChI is InChI=1S/C11H20N4/c1-11(2,3)14-10(13)15(8-4-7-12)9-5-6-9/h9H,4-6,8H2,1-3H3,(H2,13,14). The Morgan fingerprint density at radius 1 is 1.53 bits per heavy atom. The van der Waals surface area contributed by atoms with Crippen LogP contribution in [0.4, 0.5) is 0 Å². The molecule has 0 spiro atoms. The van der Waals surface area contributed by atoms with E-state index in [1.54, 1.807) is 0 Å². The molecule has 84 valence electrons. The fourth-order valence-electron chi connectivity index (χ4n) is 1.45. The first kappa shape index (κ1) is 11.8. The van der Waals surface area contributed by atoms with E-state index in [0.29, 0.717) is 25.0 Å². The molecule has 0 aromatic carbocycles. The smallest absolute Gasteiger partial charge is 0.192 e. The van der Waals surface area contributed by atoms with Crippen LogP contribution in [0.5, 0.6) is 0 Å². The molecular formula is C11H20N4. The first-order valence-electron chi connectivity index (χ1n) is 5.43. The molecule has 4 heteroatoms. The van der Waals surface area contributed by atoms with Gasteiger partial charge in [-0.15, -0.1) is 0 Å². The summed E-state index contributed by atoms with van der Waals surface area (Å²) in [6.07, 6.45) is 2.86. The monoisotopic (exact) mass is 208 g/mol. The van der Waals surface area contributed by atoms with E-state index in [-0.39, 0.29) is 5.54 Å². The predicted octanol–water partition coefficient (Wildman–Crippen LogP) is 1.48. The first-order valence-corrected chi connectivity index (χ1v) is 5.43. The first-order chi connectivity index (χ1) is 6.94. The van der Waals surface area contributed by atoms with E-state index >= 15 is 0 Å². The summed E-state index contributed by atoms with van der Waals surface area (Å²) in [6, 6.07) is 2.66. The van der Waals surface area contributed by atoms with Gasteiger partial charge in [-0.1, -0.05) is 0 Å². The summed E-state index contributed by atoms with van der Waals surface area (Å²) in [5.74, 6) is 0.584. The highest BCUT2D eigenvalue weighted by Crippen LogP contribution is 2.27. The highest BCUT2D eigenvalue weighted by molar-refractivity contribution is 5.79. The van der Waals surface area contributed by atoms with E-state index in [9.17, 15) is 0 Å². The maximum absolute atomic E-state index is 8.57. The zero-order chi connectivity index (χ0) is 11.5. The molecule has 0 heterocycles. The van der Waals surface area contributed by atoms with Crippen LogP contribution < -0.4 is 5.73 Å². The molecule has 4 nitrogen and oxygen atoms in total. The van der Waals surface area contributed by atoms with Crippen LogP contribution in [0.2, 0.25) is 0 Å². The lowest BCUT2D eigenvalue weighted by atomic mass is 10.1. The van der Waals surface area contributed by atoms with Crippen LogP contribution in [0, 0.1) is 11.3 Å². The third-order valence-electron chi connectivity index (χ3n) is 2.20. The molecule has 0 bridgehead atoms. The molecule has 1 fully saturated rings. The lowest BCUT2D eigenvalue weighted by Crippen LogP contribution is -2.41. The molecule has 1 aliphatic rings. The molecule has 1 saturated carbocycles. The molecule has 0 unspecified atom stereocenters. The maximum atomic E-state index is 8.57. The van der Waals surface area contributed by atoms with Gasteiger partial charge in [-0.2, -0.15) is 5.26 Å². The van der Waals surface area contributed by atoms with Gasteiger partial charge in [-0.25, -0.2) is 4.99 Å². The molecule has 0 aromatic rings. The van der Waals surface area contributed by atoms with Gasteiger partial charge in [-0.05, 0) is 33.6 Å². The number of hydrogen-bond acceptors (Lipinski definition) is 2. The van der Waals surface area contributed by atoms with Crippen LogP contribution >= 0.6 is 0 Å². The topological polar surface area (TPSA) is 65.4 Å². The fraction of sp³-hybridized carbons (Fsp3) is 0.818. The highest BCUT2D eigenvalue weighted by Gasteiger charge is 2.30. The summed E-state index contributed by atoms with van der Waals surface area (Å²) in [5, 5.41) is 8.57. The van der Waals surface area contributed by atoms with Crippen molar-refractivity contribution in [3.63, 3.8) is 0 Å². The second kappa shape index (κ2) is 4.52. The van der Waals surface area contributed by atoms with Crippen LogP contribution in [0.15, 0.2) is 4.99 Å². The van der Waals surface area contributed by atoms with Gasteiger partial charge in [0.2, 0.25) is 0 Å². The summed E-state index contributed by atoms with van der Waals surface area (Å²) < 4.78 is 0. The molecule has 0 atom stereocenters. The maximum Gasteiger partial charge on any atom is 0.192 e. The number of nitriles is 1. The Labute approximate surface area is 91.8 Å². The van der Waals surface area contributed by atoms with Gasteiger partial charge >= 0.3 is 0 Å². The molecular weight excluding hydrogens is 188 g/mol. The van der Waals surface area contributed by atoms with Crippen LogP contribution in [0.25, 0.3) is 0 Å². The van der Waals surface area contributed by atoms with Gasteiger partial charge in [0.15, 0.2) is 5.96 Å².